The molecule has 90 valence electrons. The minimum absolute atomic E-state index is 0.159. The fourth-order valence-corrected chi connectivity index (χ4v) is 2.00. The summed E-state index contributed by atoms with van der Waals surface area (Å²) in [4.78, 5) is 4.43. The minimum Gasteiger partial charge on any atom is -0.327 e. The second kappa shape index (κ2) is 5.15. The topological polar surface area (TPSA) is 43.8 Å². The van der Waals surface area contributed by atoms with Gasteiger partial charge in [0.25, 0.3) is 0 Å². The Bertz CT molecular complexity index is 461. The summed E-state index contributed by atoms with van der Waals surface area (Å²) in [6.45, 7) is 4.25. The van der Waals surface area contributed by atoms with Crippen molar-refractivity contribution in [1.82, 2.24) is 9.55 Å². The van der Waals surface area contributed by atoms with Gasteiger partial charge in [-0.2, -0.15) is 0 Å². The van der Waals surface area contributed by atoms with Crippen LogP contribution in [0, 0.1) is 0 Å². The van der Waals surface area contributed by atoms with Crippen molar-refractivity contribution in [3.63, 3.8) is 0 Å². The summed E-state index contributed by atoms with van der Waals surface area (Å²) in [6, 6.07) is 10.6. The zero-order chi connectivity index (χ0) is 12.3. The average Bonchev–Trinajstić information content (AvgIpc) is 2.87. The van der Waals surface area contributed by atoms with Crippen LogP contribution >= 0.6 is 0 Å². The van der Waals surface area contributed by atoms with E-state index in [1.807, 2.05) is 30.6 Å². The molecular formula is C14H19N3. The van der Waals surface area contributed by atoms with E-state index in [1.165, 1.54) is 0 Å². The fraction of sp³-hybridized carbons (Fsp3) is 0.357. The van der Waals surface area contributed by atoms with Crippen LogP contribution in [0.2, 0.25) is 0 Å². The van der Waals surface area contributed by atoms with E-state index in [4.69, 9.17) is 5.73 Å². The molecule has 0 radical (unpaired) electrons. The lowest BCUT2D eigenvalue weighted by Gasteiger charge is -2.22. The Kier molecular flexibility index (Phi) is 3.59. The second-order valence-electron chi connectivity index (χ2n) is 4.34. The summed E-state index contributed by atoms with van der Waals surface area (Å²) < 4.78 is 2.16. The minimum atomic E-state index is 0.159. The molecule has 0 fully saturated rings. The van der Waals surface area contributed by atoms with E-state index in [-0.39, 0.29) is 12.1 Å². The zero-order valence-corrected chi connectivity index (χ0v) is 10.4. The summed E-state index contributed by atoms with van der Waals surface area (Å²) >= 11 is 0. The molecule has 0 aliphatic heterocycles. The van der Waals surface area contributed by atoms with Gasteiger partial charge in [0.2, 0.25) is 0 Å². The SMILES string of the molecule is CCC(N)C(C)n1ccnc1-c1ccccc1. The molecule has 0 spiro atoms. The van der Waals surface area contributed by atoms with Crippen molar-refractivity contribution in [2.45, 2.75) is 32.4 Å². The van der Waals surface area contributed by atoms with Crippen molar-refractivity contribution in [3.8, 4) is 11.4 Å². The standard InChI is InChI=1S/C14H19N3/c1-3-13(15)11(2)17-10-9-16-14(17)12-7-5-4-6-8-12/h4-11,13H,3,15H2,1-2H3. The molecule has 2 unspecified atom stereocenters. The van der Waals surface area contributed by atoms with E-state index in [9.17, 15) is 0 Å². The molecule has 2 atom stereocenters. The maximum atomic E-state index is 6.11. The Morgan fingerprint density at radius 3 is 2.65 bits per heavy atom. The summed E-state index contributed by atoms with van der Waals surface area (Å²) in [7, 11) is 0. The summed E-state index contributed by atoms with van der Waals surface area (Å²) in [5, 5.41) is 0. The second-order valence-corrected chi connectivity index (χ2v) is 4.34. The molecule has 2 rings (SSSR count). The molecule has 17 heavy (non-hydrogen) atoms. The summed E-state index contributed by atoms with van der Waals surface area (Å²) in [6.07, 6.45) is 4.80. The lowest BCUT2D eigenvalue weighted by atomic mass is 10.1. The summed E-state index contributed by atoms with van der Waals surface area (Å²) in [5.74, 6) is 0.988. The van der Waals surface area contributed by atoms with Crippen molar-refractivity contribution in [3.05, 3.63) is 42.7 Å². The molecule has 2 aromatic rings. The maximum absolute atomic E-state index is 6.11. The number of aromatic nitrogens is 2. The van der Waals surface area contributed by atoms with Gasteiger partial charge in [0.05, 0.1) is 0 Å². The average molecular weight is 229 g/mol. The van der Waals surface area contributed by atoms with Gasteiger partial charge >= 0.3 is 0 Å². The smallest absolute Gasteiger partial charge is 0.140 e. The quantitative estimate of drug-likeness (QED) is 0.876. The highest BCUT2D eigenvalue weighted by Crippen LogP contribution is 2.22. The molecule has 0 amide bonds. The highest BCUT2D eigenvalue weighted by Gasteiger charge is 2.16. The van der Waals surface area contributed by atoms with Crippen molar-refractivity contribution in [1.29, 1.82) is 0 Å². The van der Waals surface area contributed by atoms with Crippen LogP contribution < -0.4 is 5.73 Å². The lowest BCUT2D eigenvalue weighted by Crippen LogP contribution is -2.29. The third-order valence-corrected chi connectivity index (χ3v) is 3.23. The Morgan fingerprint density at radius 1 is 1.29 bits per heavy atom. The van der Waals surface area contributed by atoms with Gasteiger partial charge in [0, 0.05) is 30.0 Å². The van der Waals surface area contributed by atoms with E-state index in [2.05, 4.69) is 35.5 Å². The van der Waals surface area contributed by atoms with Gasteiger partial charge in [-0.3, -0.25) is 0 Å². The first-order chi connectivity index (χ1) is 8.24. The van der Waals surface area contributed by atoms with Crippen LogP contribution in [-0.4, -0.2) is 15.6 Å². The van der Waals surface area contributed by atoms with Gasteiger partial charge in [-0.1, -0.05) is 37.3 Å². The fourth-order valence-electron chi connectivity index (χ4n) is 2.00. The molecule has 0 saturated carbocycles. The largest absolute Gasteiger partial charge is 0.327 e. The Hall–Kier alpha value is -1.61. The van der Waals surface area contributed by atoms with E-state index in [0.717, 1.165) is 17.8 Å². The monoisotopic (exact) mass is 229 g/mol. The van der Waals surface area contributed by atoms with Crippen LogP contribution in [0.5, 0.6) is 0 Å². The number of nitrogens with zero attached hydrogens (tertiary/aromatic N) is 2. The van der Waals surface area contributed by atoms with Gasteiger partial charge in [0.1, 0.15) is 5.82 Å². The molecule has 3 heteroatoms. The number of imidazole rings is 1. The van der Waals surface area contributed by atoms with E-state index < -0.39 is 0 Å². The third kappa shape index (κ3) is 2.39. The predicted octanol–water partition coefficient (Wildman–Crippen LogP) is 2.85. The molecule has 0 aliphatic rings. The highest BCUT2D eigenvalue weighted by atomic mass is 15.1. The van der Waals surface area contributed by atoms with Crippen LogP contribution in [0.15, 0.2) is 42.7 Å². The Balaban J connectivity index is 2.35. The Morgan fingerprint density at radius 2 is 2.00 bits per heavy atom. The first-order valence-corrected chi connectivity index (χ1v) is 6.08. The highest BCUT2D eigenvalue weighted by molar-refractivity contribution is 5.55. The number of rotatable bonds is 4. The lowest BCUT2D eigenvalue weighted by molar-refractivity contribution is 0.434. The van der Waals surface area contributed by atoms with Crippen LogP contribution in [0.1, 0.15) is 26.3 Å². The number of hydrogen-bond donors (Lipinski definition) is 1. The van der Waals surface area contributed by atoms with Crippen molar-refractivity contribution in [2.75, 3.05) is 0 Å². The van der Waals surface area contributed by atoms with Crippen LogP contribution in [0.3, 0.4) is 0 Å². The summed E-state index contributed by atoms with van der Waals surface area (Å²) in [5.41, 5.74) is 7.24. The zero-order valence-electron chi connectivity index (χ0n) is 10.4. The molecular weight excluding hydrogens is 210 g/mol. The molecule has 1 aromatic heterocycles. The first-order valence-electron chi connectivity index (χ1n) is 6.08. The van der Waals surface area contributed by atoms with Gasteiger partial charge in [-0.15, -0.1) is 0 Å². The van der Waals surface area contributed by atoms with Crippen molar-refractivity contribution in [2.24, 2.45) is 5.73 Å². The first kappa shape index (κ1) is 11.9. The molecule has 0 bridgehead atoms. The van der Waals surface area contributed by atoms with Crippen molar-refractivity contribution < 1.29 is 0 Å². The predicted molar refractivity (Wildman–Crippen MR) is 70.6 cm³/mol. The molecule has 3 nitrogen and oxygen atoms in total. The molecule has 1 aromatic carbocycles. The van der Waals surface area contributed by atoms with Gasteiger partial charge in [-0.05, 0) is 13.3 Å². The molecule has 2 N–H and O–H groups in total. The van der Waals surface area contributed by atoms with Gasteiger partial charge in [-0.25, -0.2) is 4.98 Å². The number of nitrogens with two attached hydrogens (primary N) is 1. The van der Waals surface area contributed by atoms with E-state index >= 15 is 0 Å². The Labute approximate surface area is 102 Å². The maximum Gasteiger partial charge on any atom is 0.140 e. The number of hydrogen-bond acceptors (Lipinski definition) is 2. The van der Waals surface area contributed by atoms with Gasteiger partial charge in [0.15, 0.2) is 0 Å². The molecule has 1 heterocycles. The van der Waals surface area contributed by atoms with Crippen LogP contribution in [-0.2, 0) is 0 Å². The number of benzene rings is 1. The van der Waals surface area contributed by atoms with Gasteiger partial charge < -0.3 is 10.3 Å². The third-order valence-electron chi connectivity index (χ3n) is 3.23. The van der Waals surface area contributed by atoms with Crippen LogP contribution in [0.4, 0.5) is 0 Å². The normalized spacial score (nSPS) is 14.5. The van der Waals surface area contributed by atoms with Crippen LogP contribution in [0.25, 0.3) is 11.4 Å². The van der Waals surface area contributed by atoms with Crippen molar-refractivity contribution >= 4 is 0 Å². The van der Waals surface area contributed by atoms with E-state index in [1.54, 1.807) is 0 Å². The molecule has 0 saturated heterocycles. The molecule has 0 aliphatic carbocycles. The van der Waals surface area contributed by atoms with E-state index in [0.29, 0.717) is 0 Å².